The molecule has 2 atom stereocenters. The summed E-state index contributed by atoms with van der Waals surface area (Å²) in [6, 6.07) is 6.00. The molecule has 6 heteroatoms. The molecule has 1 aromatic rings. The quantitative estimate of drug-likeness (QED) is 0.831. The largest absolute Gasteiger partial charge is 0.573 e. The first-order chi connectivity index (χ1) is 9.35. The summed E-state index contributed by atoms with van der Waals surface area (Å²) in [6.07, 6.45) is -2.98. The van der Waals surface area contributed by atoms with Gasteiger partial charge in [-0.3, -0.25) is 0 Å². The van der Waals surface area contributed by atoms with Crippen LogP contribution in [0.3, 0.4) is 0 Å². The third-order valence-electron chi connectivity index (χ3n) is 3.11. The van der Waals surface area contributed by atoms with E-state index in [1.165, 1.54) is 12.1 Å². The Bertz CT molecular complexity index is 410. The number of halogens is 3. The summed E-state index contributed by atoms with van der Waals surface area (Å²) >= 11 is 0. The number of benzene rings is 1. The molecule has 0 spiro atoms. The number of hydrogen-bond donors (Lipinski definition) is 1. The normalized spacial score (nSPS) is 14.9. The van der Waals surface area contributed by atoms with Crippen molar-refractivity contribution in [2.24, 2.45) is 0 Å². The van der Waals surface area contributed by atoms with Gasteiger partial charge in [0.25, 0.3) is 0 Å². The Morgan fingerprint density at radius 3 is 2.50 bits per heavy atom. The lowest BCUT2D eigenvalue weighted by Gasteiger charge is -2.19. The van der Waals surface area contributed by atoms with Gasteiger partial charge in [-0.05, 0) is 44.5 Å². The highest BCUT2D eigenvalue weighted by Gasteiger charge is 2.31. The van der Waals surface area contributed by atoms with Crippen molar-refractivity contribution in [3.8, 4) is 5.75 Å². The second-order valence-electron chi connectivity index (χ2n) is 4.59. The van der Waals surface area contributed by atoms with Crippen LogP contribution in [0.5, 0.6) is 5.75 Å². The third-order valence-corrected chi connectivity index (χ3v) is 3.11. The van der Waals surface area contributed by atoms with Gasteiger partial charge in [0, 0.05) is 13.2 Å². The van der Waals surface area contributed by atoms with E-state index in [9.17, 15) is 13.2 Å². The van der Waals surface area contributed by atoms with Crippen LogP contribution in [0.2, 0.25) is 0 Å². The van der Waals surface area contributed by atoms with Crippen molar-refractivity contribution in [1.29, 1.82) is 0 Å². The first kappa shape index (κ1) is 16.8. The van der Waals surface area contributed by atoms with Crippen LogP contribution in [-0.4, -0.2) is 26.6 Å². The van der Waals surface area contributed by atoms with Crippen molar-refractivity contribution in [2.45, 2.75) is 38.3 Å². The van der Waals surface area contributed by atoms with Crippen molar-refractivity contribution in [1.82, 2.24) is 5.32 Å². The van der Waals surface area contributed by atoms with E-state index in [4.69, 9.17) is 4.74 Å². The average Bonchev–Trinajstić information content (AvgIpc) is 2.37. The van der Waals surface area contributed by atoms with Crippen molar-refractivity contribution in [2.75, 3.05) is 14.2 Å². The van der Waals surface area contributed by atoms with Gasteiger partial charge in [-0.25, -0.2) is 0 Å². The molecule has 1 aromatic carbocycles. The molecular formula is C14H20F3NO2. The number of nitrogens with one attached hydrogen (secondary N) is 1. The Morgan fingerprint density at radius 2 is 1.95 bits per heavy atom. The predicted octanol–water partition coefficient (Wildman–Crippen LogP) is 3.66. The van der Waals surface area contributed by atoms with Gasteiger partial charge in [-0.15, -0.1) is 13.2 Å². The van der Waals surface area contributed by atoms with Gasteiger partial charge in [0.05, 0.1) is 6.10 Å². The Kier molecular flexibility index (Phi) is 6.29. The molecule has 0 radical (unpaired) electrons. The van der Waals surface area contributed by atoms with Crippen molar-refractivity contribution >= 4 is 0 Å². The molecule has 0 aliphatic rings. The molecular weight excluding hydrogens is 271 g/mol. The second-order valence-corrected chi connectivity index (χ2v) is 4.59. The fourth-order valence-electron chi connectivity index (χ4n) is 1.93. The maximum Gasteiger partial charge on any atom is 0.573 e. The molecule has 0 heterocycles. The first-order valence-electron chi connectivity index (χ1n) is 6.41. The molecule has 114 valence electrons. The second kappa shape index (κ2) is 7.50. The van der Waals surface area contributed by atoms with Crippen LogP contribution in [-0.2, 0) is 4.74 Å². The van der Waals surface area contributed by atoms with E-state index < -0.39 is 6.36 Å². The molecule has 0 aliphatic carbocycles. The summed E-state index contributed by atoms with van der Waals surface area (Å²) in [5.41, 5.74) is 0.762. The van der Waals surface area contributed by atoms with E-state index in [2.05, 4.69) is 10.1 Å². The number of rotatable bonds is 7. The molecule has 0 bridgehead atoms. The third kappa shape index (κ3) is 5.79. The summed E-state index contributed by atoms with van der Waals surface area (Å²) in [5.74, 6) is -0.199. The first-order valence-corrected chi connectivity index (χ1v) is 6.41. The van der Waals surface area contributed by atoms with Crippen LogP contribution >= 0.6 is 0 Å². The molecule has 1 N–H and O–H groups in total. The molecule has 1 rings (SSSR count). The Balaban J connectivity index is 2.74. The van der Waals surface area contributed by atoms with Gasteiger partial charge < -0.3 is 14.8 Å². The average molecular weight is 291 g/mol. The summed E-state index contributed by atoms with van der Waals surface area (Å²) in [6.45, 7) is 1.95. The molecule has 3 nitrogen and oxygen atoms in total. The standard InChI is InChI=1S/C14H20F3NO2/c1-10(19-3)7-8-13(18-2)11-5-4-6-12(9-11)20-14(15,16)17/h4-6,9-10,13,18H,7-8H2,1-3H3. The lowest BCUT2D eigenvalue weighted by molar-refractivity contribution is -0.274. The van der Waals surface area contributed by atoms with E-state index in [1.54, 1.807) is 26.3 Å². The van der Waals surface area contributed by atoms with Crippen LogP contribution < -0.4 is 10.1 Å². The molecule has 0 aliphatic heterocycles. The van der Waals surface area contributed by atoms with Gasteiger partial charge in [0.2, 0.25) is 0 Å². The molecule has 0 saturated carbocycles. The molecule has 0 amide bonds. The highest BCUT2D eigenvalue weighted by Crippen LogP contribution is 2.27. The maximum atomic E-state index is 12.2. The number of methoxy groups -OCH3 is 1. The maximum absolute atomic E-state index is 12.2. The smallest absolute Gasteiger partial charge is 0.406 e. The SMILES string of the molecule is CNC(CCC(C)OC)c1cccc(OC(F)(F)F)c1. The number of alkyl halides is 3. The van der Waals surface area contributed by atoms with Crippen LogP contribution in [0.1, 0.15) is 31.4 Å². The number of ether oxygens (including phenoxy) is 2. The van der Waals surface area contributed by atoms with Gasteiger partial charge in [-0.1, -0.05) is 12.1 Å². The highest BCUT2D eigenvalue weighted by molar-refractivity contribution is 5.30. The van der Waals surface area contributed by atoms with Crippen molar-refractivity contribution < 1.29 is 22.6 Å². The monoisotopic (exact) mass is 291 g/mol. The zero-order chi connectivity index (χ0) is 15.2. The molecule has 20 heavy (non-hydrogen) atoms. The molecule has 0 saturated heterocycles. The highest BCUT2D eigenvalue weighted by atomic mass is 19.4. The zero-order valence-corrected chi connectivity index (χ0v) is 11.8. The van der Waals surface area contributed by atoms with Crippen LogP contribution in [0.25, 0.3) is 0 Å². The summed E-state index contributed by atoms with van der Waals surface area (Å²) < 4.78 is 45.7. The fourth-order valence-corrected chi connectivity index (χ4v) is 1.93. The molecule has 2 unspecified atom stereocenters. The Labute approximate surface area is 117 Å². The van der Waals surface area contributed by atoms with Gasteiger partial charge >= 0.3 is 6.36 Å². The van der Waals surface area contributed by atoms with Crippen LogP contribution in [0.15, 0.2) is 24.3 Å². The Morgan fingerprint density at radius 1 is 1.25 bits per heavy atom. The fraction of sp³-hybridized carbons (Fsp3) is 0.571. The van der Waals surface area contributed by atoms with E-state index in [-0.39, 0.29) is 17.9 Å². The van der Waals surface area contributed by atoms with Crippen LogP contribution in [0, 0.1) is 0 Å². The summed E-state index contributed by atoms with van der Waals surface area (Å²) in [4.78, 5) is 0. The van der Waals surface area contributed by atoms with E-state index >= 15 is 0 Å². The van der Waals surface area contributed by atoms with Gasteiger partial charge in [0.15, 0.2) is 0 Å². The van der Waals surface area contributed by atoms with E-state index in [0.29, 0.717) is 0 Å². The van der Waals surface area contributed by atoms with E-state index in [1.807, 2.05) is 6.92 Å². The van der Waals surface area contributed by atoms with Crippen molar-refractivity contribution in [3.63, 3.8) is 0 Å². The van der Waals surface area contributed by atoms with E-state index in [0.717, 1.165) is 18.4 Å². The topological polar surface area (TPSA) is 30.5 Å². The number of hydrogen-bond acceptors (Lipinski definition) is 3. The summed E-state index contributed by atoms with van der Waals surface area (Å²) in [5, 5.41) is 3.10. The van der Waals surface area contributed by atoms with Gasteiger partial charge in [-0.2, -0.15) is 0 Å². The molecule has 0 fully saturated rings. The van der Waals surface area contributed by atoms with Crippen molar-refractivity contribution in [3.05, 3.63) is 29.8 Å². The minimum absolute atomic E-state index is 0.0376. The summed E-state index contributed by atoms with van der Waals surface area (Å²) in [7, 11) is 3.41. The lowest BCUT2D eigenvalue weighted by Crippen LogP contribution is -2.20. The van der Waals surface area contributed by atoms with Crippen LogP contribution in [0.4, 0.5) is 13.2 Å². The lowest BCUT2D eigenvalue weighted by atomic mass is 10.0. The zero-order valence-electron chi connectivity index (χ0n) is 11.8. The van der Waals surface area contributed by atoms with Gasteiger partial charge in [0.1, 0.15) is 5.75 Å². The predicted molar refractivity (Wildman–Crippen MR) is 70.6 cm³/mol. The molecule has 0 aromatic heterocycles. The minimum atomic E-state index is -4.67. The minimum Gasteiger partial charge on any atom is -0.406 e. The Hall–Kier alpha value is -1.27.